The minimum absolute atomic E-state index is 0.0656. The Labute approximate surface area is 236 Å². The average Bonchev–Trinajstić information content (AvgIpc) is 2.91. The molecular weight excluding hydrogens is 516 g/mol. The van der Waals surface area contributed by atoms with Crippen LogP contribution in [-0.2, 0) is 19.1 Å². The van der Waals surface area contributed by atoms with E-state index in [1.165, 1.54) is 36.4 Å². The summed E-state index contributed by atoms with van der Waals surface area (Å²) in [5, 5.41) is 5.65. The van der Waals surface area contributed by atoms with Gasteiger partial charge in [0.15, 0.2) is 0 Å². The Kier molecular flexibility index (Phi) is 15.5. The van der Waals surface area contributed by atoms with E-state index < -0.39 is 29.3 Å². The highest BCUT2D eigenvalue weighted by Crippen LogP contribution is 2.37. The molecule has 1 aliphatic rings. The zero-order valence-electron chi connectivity index (χ0n) is 23.6. The quantitative estimate of drug-likeness (QED) is 0.392. The van der Waals surface area contributed by atoms with Gasteiger partial charge in [0.05, 0.1) is 15.7 Å². The van der Waals surface area contributed by atoms with Crippen LogP contribution in [0.25, 0.3) is 0 Å². The molecule has 208 valence electrons. The van der Waals surface area contributed by atoms with E-state index in [0.29, 0.717) is 0 Å². The van der Waals surface area contributed by atoms with Crippen molar-refractivity contribution in [2.75, 3.05) is 13.1 Å². The first kappa shape index (κ1) is 33.3. The molecule has 8 heteroatoms. The summed E-state index contributed by atoms with van der Waals surface area (Å²) < 4.78 is 5.46. The fourth-order valence-electron chi connectivity index (χ4n) is 2.82. The Morgan fingerprint density at radius 2 is 1.11 bits per heavy atom. The van der Waals surface area contributed by atoms with Crippen LogP contribution in [0.4, 0.5) is 0 Å². The van der Waals surface area contributed by atoms with E-state index in [1.807, 2.05) is 60.7 Å². The van der Waals surface area contributed by atoms with Crippen molar-refractivity contribution in [1.82, 2.24) is 10.6 Å². The third-order valence-electron chi connectivity index (χ3n) is 4.30. The van der Waals surface area contributed by atoms with Crippen LogP contribution in [0, 0.1) is 5.92 Å². The Morgan fingerprint density at radius 3 is 1.42 bits per heavy atom. The van der Waals surface area contributed by atoms with Crippen molar-refractivity contribution in [3.63, 3.8) is 0 Å². The fraction of sp³-hybridized carbons (Fsp3) is 0.433. The van der Waals surface area contributed by atoms with Gasteiger partial charge in [-0.1, -0.05) is 100 Å². The number of benzene rings is 2. The molecule has 38 heavy (non-hydrogen) atoms. The first-order valence-electron chi connectivity index (χ1n) is 13.0. The molecule has 2 aromatic rings. The van der Waals surface area contributed by atoms with Crippen LogP contribution in [0.1, 0.15) is 61.3 Å². The highest BCUT2D eigenvalue weighted by Gasteiger charge is 2.31. The molecule has 0 radical (unpaired) electrons. The van der Waals surface area contributed by atoms with Crippen molar-refractivity contribution in [2.24, 2.45) is 5.92 Å². The molecule has 0 spiro atoms. The number of carbonyl (C=O) groups is 3. The van der Waals surface area contributed by atoms with E-state index in [1.54, 1.807) is 20.8 Å². The monoisotopic (exact) mass is 558 g/mol. The minimum atomic E-state index is -0.689. The molecule has 3 rings (SSSR count). The Bertz CT molecular complexity index is 966. The number of ether oxygens (including phenoxy) is 1. The van der Waals surface area contributed by atoms with Gasteiger partial charge >= 0.3 is 5.97 Å². The smallest absolute Gasteiger partial charge is 0.313 e. The van der Waals surface area contributed by atoms with Gasteiger partial charge in [0.2, 0.25) is 0 Å². The summed E-state index contributed by atoms with van der Waals surface area (Å²) in [6.45, 7) is 14.0. The predicted molar refractivity (Wildman–Crippen MR) is 159 cm³/mol. The van der Waals surface area contributed by atoms with Crippen molar-refractivity contribution < 1.29 is 19.1 Å². The topological polar surface area (TPSA) is 84.5 Å². The molecule has 1 aliphatic heterocycles. The molecule has 0 bridgehead atoms. The Morgan fingerprint density at radius 1 is 0.763 bits per heavy atom. The van der Waals surface area contributed by atoms with Crippen molar-refractivity contribution in [2.45, 2.75) is 76.7 Å². The number of esters is 1. The lowest BCUT2D eigenvalue weighted by molar-refractivity contribution is -0.159. The normalized spacial score (nSPS) is 16.2. The van der Waals surface area contributed by atoms with E-state index in [-0.39, 0.29) is 22.9 Å². The van der Waals surface area contributed by atoms with Crippen molar-refractivity contribution in [1.29, 1.82) is 0 Å². The maximum Gasteiger partial charge on any atom is 0.313 e. The summed E-state index contributed by atoms with van der Waals surface area (Å²) in [5.41, 5.74) is -0.662. The van der Waals surface area contributed by atoms with Crippen molar-refractivity contribution in [3.05, 3.63) is 70.5 Å². The van der Waals surface area contributed by atoms with Crippen LogP contribution in [0.2, 0.25) is 0 Å². The predicted octanol–water partition coefficient (Wildman–Crippen LogP) is 6.82. The number of nitrogens with one attached hydrogen (secondary N) is 2. The summed E-state index contributed by atoms with van der Waals surface area (Å²) in [6.07, 6.45) is 2.50. The summed E-state index contributed by atoms with van der Waals surface area (Å²) >= 11 is 2.45. The van der Waals surface area contributed by atoms with Crippen LogP contribution in [0.5, 0.6) is 0 Å². The van der Waals surface area contributed by atoms with E-state index in [9.17, 15) is 14.4 Å². The Hall–Kier alpha value is -2.71. The van der Waals surface area contributed by atoms with Crippen LogP contribution in [-0.4, -0.2) is 36.5 Å². The lowest BCUT2D eigenvalue weighted by atomic mass is 10.1. The molecule has 2 amide bonds. The van der Waals surface area contributed by atoms with Gasteiger partial charge in [0.25, 0.3) is 11.8 Å². The lowest BCUT2D eigenvalue weighted by Crippen LogP contribution is -2.41. The van der Waals surface area contributed by atoms with E-state index in [4.69, 9.17) is 4.74 Å². The molecule has 6 nitrogen and oxygen atoms in total. The van der Waals surface area contributed by atoms with Gasteiger partial charge in [0, 0.05) is 22.9 Å². The maximum atomic E-state index is 13.2. The van der Waals surface area contributed by atoms with Gasteiger partial charge in [-0.05, 0) is 45.0 Å². The second kappa shape index (κ2) is 17.7. The zero-order valence-corrected chi connectivity index (χ0v) is 25.3. The largest absolute Gasteiger partial charge is 0.460 e. The van der Waals surface area contributed by atoms with Gasteiger partial charge < -0.3 is 15.4 Å². The SMILES string of the molecule is CC(C)(C)OC(=O)C1CNC(=O)/C(Sc2ccccc2)=C(/Sc2ccccc2)C(=O)NC1.CCC.CCC. The van der Waals surface area contributed by atoms with Gasteiger partial charge in [-0.25, -0.2) is 0 Å². The average molecular weight is 559 g/mol. The molecule has 1 heterocycles. The van der Waals surface area contributed by atoms with E-state index >= 15 is 0 Å². The fourth-order valence-corrected chi connectivity index (χ4v) is 4.83. The number of hydrogen-bond donors (Lipinski definition) is 2. The molecule has 0 fully saturated rings. The van der Waals surface area contributed by atoms with E-state index in [2.05, 4.69) is 38.3 Å². The van der Waals surface area contributed by atoms with E-state index in [0.717, 1.165) is 9.79 Å². The van der Waals surface area contributed by atoms with Crippen LogP contribution in [0.15, 0.2) is 80.3 Å². The van der Waals surface area contributed by atoms with Gasteiger partial charge in [-0.3, -0.25) is 14.4 Å². The molecule has 0 saturated heterocycles. The zero-order chi connectivity index (χ0) is 28.6. The molecule has 0 aromatic heterocycles. The second-order valence-electron chi connectivity index (χ2n) is 9.55. The van der Waals surface area contributed by atoms with Gasteiger partial charge in [-0.2, -0.15) is 0 Å². The number of carbonyl (C=O) groups excluding carboxylic acids is 3. The molecule has 0 saturated carbocycles. The van der Waals surface area contributed by atoms with Gasteiger partial charge in [0.1, 0.15) is 5.60 Å². The van der Waals surface area contributed by atoms with Crippen LogP contribution < -0.4 is 10.6 Å². The summed E-state index contributed by atoms with van der Waals surface area (Å²) in [5.74, 6) is -1.95. The first-order valence-corrected chi connectivity index (χ1v) is 14.7. The van der Waals surface area contributed by atoms with Crippen molar-refractivity contribution in [3.8, 4) is 0 Å². The summed E-state index contributed by atoms with van der Waals surface area (Å²) in [4.78, 5) is 41.2. The summed E-state index contributed by atoms with van der Waals surface area (Å²) in [6, 6.07) is 18.8. The minimum Gasteiger partial charge on any atom is -0.460 e. The molecule has 0 unspecified atom stereocenters. The lowest BCUT2D eigenvalue weighted by Gasteiger charge is -2.24. The second-order valence-corrected chi connectivity index (χ2v) is 11.7. The maximum absolute atomic E-state index is 13.2. The standard InChI is InChI=1S/C24H26N2O4S2.2C3H8/c1-24(2,3)30-23(29)16-14-25-21(27)19(31-17-10-6-4-7-11-17)20(22(28)26-15-16)32-18-12-8-5-9-13-18;2*1-3-2/h4-13,16H,14-15H2,1-3H3,(H,25,27)(H,26,28);2*3H2,1-2H3/b20-19-;;. The van der Waals surface area contributed by atoms with Gasteiger partial charge in [-0.15, -0.1) is 0 Å². The highest BCUT2D eigenvalue weighted by atomic mass is 32.2. The number of hydrogen-bond acceptors (Lipinski definition) is 6. The molecule has 2 N–H and O–H groups in total. The number of thioether (sulfide) groups is 2. The highest BCUT2D eigenvalue weighted by molar-refractivity contribution is 8.08. The number of amides is 2. The van der Waals surface area contributed by atoms with Crippen LogP contribution >= 0.6 is 23.5 Å². The number of rotatable bonds is 5. The first-order chi connectivity index (χ1) is 18.1. The molecule has 2 aromatic carbocycles. The third-order valence-corrected chi connectivity index (χ3v) is 6.64. The molecular formula is C30H42N2O4S2. The van der Waals surface area contributed by atoms with Crippen LogP contribution in [0.3, 0.4) is 0 Å². The third kappa shape index (κ3) is 12.7. The Balaban J connectivity index is 0.00000110. The van der Waals surface area contributed by atoms with Crippen molar-refractivity contribution >= 4 is 41.3 Å². The molecule has 0 aliphatic carbocycles. The molecule has 0 atom stereocenters. The summed E-state index contributed by atoms with van der Waals surface area (Å²) in [7, 11) is 0.